The van der Waals surface area contributed by atoms with E-state index in [0.29, 0.717) is 0 Å². The van der Waals surface area contributed by atoms with E-state index in [-0.39, 0.29) is 0 Å². The molecule has 2 rings (SSSR count). The minimum absolute atomic E-state index is 0.746. The summed E-state index contributed by atoms with van der Waals surface area (Å²) in [6.07, 6.45) is 2.48. The lowest BCUT2D eigenvalue weighted by Crippen LogP contribution is -2.29. The van der Waals surface area contributed by atoms with Crippen molar-refractivity contribution >= 4 is 5.69 Å². The highest BCUT2D eigenvalue weighted by molar-refractivity contribution is 5.54. The molecule has 0 aromatic heterocycles. The summed E-state index contributed by atoms with van der Waals surface area (Å²) < 4.78 is 0. The van der Waals surface area contributed by atoms with Crippen molar-refractivity contribution in [1.29, 1.82) is 0 Å². The topological polar surface area (TPSA) is 24.1 Å². The molecule has 0 bridgehead atoms. The number of benzene rings is 1. The molecule has 112 valence electrons. The summed E-state index contributed by atoms with van der Waals surface area (Å²) in [4.78, 5) is 0. The average molecular weight is 274 g/mol. The maximum Gasteiger partial charge on any atom is 0.0372 e. The average Bonchev–Trinajstić information content (AvgIpc) is 2.42. The van der Waals surface area contributed by atoms with E-state index >= 15 is 0 Å². The van der Waals surface area contributed by atoms with E-state index in [2.05, 4.69) is 56.5 Å². The fraction of sp³-hybridized carbons (Fsp3) is 0.667. The van der Waals surface area contributed by atoms with Crippen LogP contribution in [0.2, 0.25) is 0 Å². The Morgan fingerprint density at radius 1 is 1.15 bits per heavy atom. The lowest BCUT2D eigenvalue weighted by Gasteiger charge is -2.25. The van der Waals surface area contributed by atoms with Crippen LogP contribution in [0, 0.1) is 17.8 Å². The second kappa shape index (κ2) is 7.12. The summed E-state index contributed by atoms with van der Waals surface area (Å²) in [6, 6.07) is 6.87. The van der Waals surface area contributed by atoms with Gasteiger partial charge in [0.25, 0.3) is 0 Å². The molecule has 0 radical (unpaired) electrons. The Labute approximate surface area is 124 Å². The van der Waals surface area contributed by atoms with Crippen LogP contribution in [-0.4, -0.2) is 13.1 Å². The summed E-state index contributed by atoms with van der Waals surface area (Å²) in [5.74, 6) is 2.25. The van der Waals surface area contributed by atoms with E-state index in [4.69, 9.17) is 0 Å². The van der Waals surface area contributed by atoms with Crippen molar-refractivity contribution in [3.05, 3.63) is 29.3 Å². The van der Waals surface area contributed by atoms with Gasteiger partial charge in [-0.25, -0.2) is 0 Å². The first-order valence-electron chi connectivity index (χ1n) is 8.14. The van der Waals surface area contributed by atoms with Crippen molar-refractivity contribution in [3.63, 3.8) is 0 Å². The predicted octanol–water partition coefficient (Wildman–Crippen LogP) is 4.06. The highest BCUT2D eigenvalue weighted by Crippen LogP contribution is 2.23. The van der Waals surface area contributed by atoms with Gasteiger partial charge < -0.3 is 10.6 Å². The molecule has 20 heavy (non-hydrogen) atoms. The van der Waals surface area contributed by atoms with Crippen molar-refractivity contribution in [2.24, 2.45) is 17.8 Å². The van der Waals surface area contributed by atoms with Crippen molar-refractivity contribution in [2.75, 3.05) is 18.4 Å². The van der Waals surface area contributed by atoms with E-state index < -0.39 is 0 Å². The molecular formula is C18H30N2. The van der Waals surface area contributed by atoms with Crippen LogP contribution in [0.25, 0.3) is 0 Å². The highest BCUT2D eigenvalue weighted by Gasteiger charge is 2.16. The molecule has 0 saturated heterocycles. The van der Waals surface area contributed by atoms with Crippen LogP contribution in [0.15, 0.2) is 18.2 Å². The first-order chi connectivity index (χ1) is 9.58. The van der Waals surface area contributed by atoms with Gasteiger partial charge in [0.1, 0.15) is 0 Å². The molecule has 0 fully saturated rings. The third kappa shape index (κ3) is 3.99. The van der Waals surface area contributed by atoms with Crippen LogP contribution in [0.4, 0.5) is 5.69 Å². The maximum absolute atomic E-state index is 3.65. The standard InChI is InChI=1S/C18H30N2/c1-13(2)17(14(3)4)12-19-11-15-7-8-18-16(10-15)6-5-9-20-18/h7-8,10,13-14,17,19-20H,5-6,9,11-12H2,1-4H3. The van der Waals surface area contributed by atoms with Crippen molar-refractivity contribution in [1.82, 2.24) is 5.32 Å². The van der Waals surface area contributed by atoms with Crippen LogP contribution < -0.4 is 10.6 Å². The molecule has 0 aliphatic carbocycles. The Balaban J connectivity index is 1.88. The summed E-state index contributed by atoms with van der Waals surface area (Å²) >= 11 is 0. The van der Waals surface area contributed by atoms with Crippen LogP contribution in [0.3, 0.4) is 0 Å². The Hall–Kier alpha value is -1.02. The molecule has 0 atom stereocenters. The van der Waals surface area contributed by atoms with Gasteiger partial charge in [-0.1, -0.05) is 39.8 Å². The number of nitrogens with one attached hydrogen (secondary N) is 2. The second-order valence-electron chi connectivity index (χ2n) is 6.80. The number of hydrogen-bond acceptors (Lipinski definition) is 2. The molecule has 1 aromatic carbocycles. The lowest BCUT2D eigenvalue weighted by atomic mass is 9.85. The smallest absolute Gasteiger partial charge is 0.0372 e. The van der Waals surface area contributed by atoms with Crippen LogP contribution in [0.1, 0.15) is 45.2 Å². The van der Waals surface area contributed by atoms with Crippen LogP contribution in [-0.2, 0) is 13.0 Å². The normalized spacial score (nSPS) is 14.8. The molecule has 0 amide bonds. The highest BCUT2D eigenvalue weighted by atomic mass is 14.9. The SMILES string of the molecule is CC(C)C(CNCc1ccc2c(c1)CCCN2)C(C)C. The molecular weight excluding hydrogens is 244 g/mol. The number of fused-ring (bicyclic) bond motifs is 1. The maximum atomic E-state index is 3.65. The molecule has 2 N–H and O–H groups in total. The van der Waals surface area contributed by atoms with Gasteiger partial charge in [0, 0.05) is 18.8 Å². The van der Waals surface area contributed by atoms with Gasteiger partial charge in [0.15, 0.2) is 0 Å². The van der Waals surface area contributed by atoms with Crippen molar-refractivity contribution < 1.29 is 0 Å². The van der Waals surface area contributed by atoms with E-state index in [1.165, 1.54) is 29.7 Å². The Bertz CT molecular complexity index is 415. The van der Waals surface area contributed by atoms with E-state index in [1.54, 1.807) is 0 Å². The molecule has 1 heterocycles. The molecule has 0 saturated carbocycles. The minimum atomic E-state index is 0.746. The first-order valence-corrected chi connectivity index (χ1v) is 8.14. The van der Waals surface area contributed by atoms with Gasteiger partial charge in [-0.05, 0) is 54.3 Å². The first kappa shape index (κ1) is 15.4. The summed E-state index contributed by atoms with van der Waals surface area (Å²) in [6.45, 7) is 12.5. The molecule has 1 aliphatic heterocycles. The molecule has 0 unspecified atom stereocenters. The van der Waals surface area contributed by atoms with E-state index in [1.807, 2.05) is 0 Å². The third-order valence-corrected chi connectivity index (χ3v) is 4.53. The fourth-order valence-corrected chi connectivity index (χ4v) is 3.26. The minimum Gasteiger partial charge on any atom is -0.385 e. The third-order valence-electron chi connectivity index (χ3n) is 4.53. The second-order valence-corrected chi connectivity index (χ2v) is 6.80. The zero-order chi connectivity index (χ0) is 14.5. The molecule has 2 heteroatoms. The van der Waals surface area contributed by atoms with Gasteiger partial charge in [0.2, 0.25) is 0 Å². The molecule has 1 aromatic rings. The predicted molar refractivity (Wildman–Crippen MR) is 88.1 cm³/mol. The van der Waals surface area contributed by atoms with Crippen LogP contribution >= 0.6 is 0 Å². The zero-order valence-corrected chi connectivity index (χ0v) is 13.5. The quantitative estimate of drug-likeness (QED) is 0.817. The summed E-state index contributed by atoms with van der Waals surface area (Å²) in [5.41, 5.74) is 4.24. The number of hydrogen-bond donors (Lipinski definition) is 2. The molecule has 2 nitrogen and oxygen atoms in total. The monoisotopic (exact) mass is 274 g/mol. The molecule has 0 spiro atoms. The Morgan fingerprint density at radius 3 is 2.60 bits per heavy atom. The van der Waals surface area contributed by atoms with Gasteiger partial charge >= 0.3 is 0 Å². The Morgan fingerprint density at radius 2 is 1.90 bits per heavy atom. The lowest BCUT2D eigenvalue weighted by molar-refractivity contribution is 0.275. The van der Waals surface area contributed by atoms with E-state index in [9.17, 15) is 0 Å². The van der Waals surface area contributed by atoms with Crippen molar-refractivity contribution in [3.8, 4) is 0 Å². The van der Waals surface area contributed by atoms with Gasteiger partial charge in [-0.3, -0.25) is 0 Å². The summed E-state index contributed by atoms with van der Waals surface area (Å²) in [5, 5.41) is 7.12. The van der Waals surface area contributed by atoms with Gasteiger partial charge in [-0.15, -0.1) is 0 Å². The van der Waals surface area contributed by atoms with Crippen molar-refractivity contribution in [2.45, 2.75) is 47.1 Å². The van der Waals surface area contributed by atoms with Crippen LogP contribution in [0.5, 0.6) is 0 Å². The van der Waals surface area contributed by atoms with Gasteiger partial charge in [-0.2, -0.15) is 0 Å². The summed E-state index contributed by atoms with van der Waals surface area (Å²) in [7, 11) is 0. The number of aryl methyl sites for hydroxylation is 1. The fourth-order valence-electron chi connectivity index (χ4n) is 3.26. The Kier molecular flexibility index (Phi) is 5.47. The largest absolute Gasteiger partial charge is 0.385 e. The number of anilines is 1. The van der Waals surface area contributed by atoms with Gasteiger partial charge in [0.05, 0.1) is 0 Å². The molecule has 1 aliphatic rings. The number of rotatable bonds is 6. The zero-order valence-electron chi connectivity index (χ0n) is 13.5. The van der Waals surface area contributed by atoms with E-state index in [0.717, 1.165) is 37.4 Å².